The largest absolute Gasteiger partial charge is 0.495 e. The Hall–Kier alpha value is -0.250. The van der Waals surface area contributed by atoms with Crippen LogP contribution in [0.15, 0.2) is 12.1 Å². The Labute approximate surface area is 100 Å². The molecule has 0 radical (unpaired) electrons. The number of hydrogen-bond acceptors (Lipinski definition) is 2. The number of carbonyl (C=O) groups excluding carboxylic acids is 1. The molecule has 0 N–H and O–H groups in total. The molecule has 0 spiro atoms. The third-order valence-electron chi connectivity index (χ3n) is 1.66. The van der Waals surface area contributed by atoms with Crippen molar-refractivity contribution in [1.82, 2.24) is 0 Å². The molecule has 1 aromatic rings. The van der Waals surface area contributed by atoms with E-state index in [-0.39, 0.29) is 11.1 Å². The standard InChI is InChI=1S/C9H7BrCl2O2/c1-14-9-2-5(8(13)4-10)6(11)3-7(9)12/h2-3H,4H2,1H3. The maximum absolute atomic E-state index is 11.4. The number of hydrogen-bond donors (Lipinski definition) is 0. The van der Waals surface area contributed by atoms with Crippen LogP contribution in [0.4, 0.5) is 0 Å². The van der Waals surface area contributed by atoms with Gasteiger partial charge in [0.25, 0.3) is 0 Å². The summed E-state index contributed by atoms with van der Waals surface area (Å²) in [5.74, 6) is 0.338. The summed E-state index contributed by atoms with van der Waals surface area (Å²) in [4.78, 5) is 11.4. The number of rotatable bonds is 3. The summed E-state index contributed by atoms with van der Waals surface area (Å²) in [5, 5.41) is 0.946. The van der Waals surface area contributed by atoms with Crippen molar-refractivity contribution in [1.29, 1.82) is 0 Å². The van der Waals surface area contributed by atoms with Gasteiger partial charge in [0, 0.05) is 5.56 Å². The molecule has 0 saturated heterocycles. The maximum Gasteiger partial charge on any atom is 0.175 e. The molecule has 5 heteroatoms. The first-order chi connectivity index (χ1) is 6.60. The quantitative estimate of drug-likeness (QED) is 0.630. The Bertz CT molecular complexity index is 366. The molecule has 0 aliphatic rings. The molecule has 0 atom stereocenters. The molecule has 0 amide bonds. The second-order valence-electron chi connectivity index (χ2n) is 2.52. The van der Waals surface area contributed by atoms with E-state index in [0.717, 1.165) is 0 Å². The first-order valence-electron chi connectivity index (χ1n) is 3.72. The van der Waals surface area contributed by atoms with E-state index >= 15 is 0 Å². The van der Waals surface area contributed by atoms with Crippen molar-refractivity contribution in [3.05, 3.63) is 27.7 Å². The summed E-state index contributed by atoms with van der Waals surface area (Å²) in [6.07, 6.45) is 0. The molecule has 0 aromatic heterocycles. The molecular weight excluding hydrogens is 291 g/mol. The fourth-order valence-electron chi connectivity index (χ4n) is 0.971. The van der Waals surface area contributed by atoms with E-state index in [1.165, 1.54) is 19.2 Å². The highest BCUT2D eigenvalue weighted by molar-refractivity contribution is 9.09. The molecule has 1 aromatic carbocycles. The Morgan fingerprint density at radius 1 is 1.43 bits per heavy atom. The van der Waals surface area contributed by atoms with Gasteiger partial charge >= 0.3 is 0 Å². The van der Waals surface area contributed by atoms with Crippen LogP contribution in [0.5, 0.6) is 5.75 Å². The third-order valence-corrected chi connectivity index (χ3v) is 2.78. The van der Waals surface area contributed by atoms with E-state index in [2.05, 4.69) is 15.9 Å². The predicted molar refractivity (Wildman–Crippen MR) is 61.1 cm³/mol. The second kappa shape index (κ2) is 5.01. The van der Waals surface area contributed by atoms with Crippen molar-refractivity contribution in [2.75, 3.05) is 12.4 Å². The zero-order valence-corrected chi connectivity index (χ0v) is 10.4. The van der Waals surface area contributed by atoms with Gasteiger partial charge in [0.1, 0.15) is 5.75 Å². The average molecular weight is 298 g/mol. The monoisotopic (exact) mass is 296 g/mol. The van der Waals surface area contributed by atoms with Crippen LogP contribution in [-0.2, 0) is 0 Å². The molecule has 0 aliphatic heterocycles. The van der Waals surface area contributed by atoms with Crippen molar-refractivity contribution in [3.8, 4) is 5.75 Å². The minimum absolute atomic E-state index is 0.107. The van der Waals surface area contributed by atoms with Crippen molar-refractivity contribution < 1.29 is 9.53 Å². The normalized spacial score (nSPS) is 10.0. The van der Waals surface area contributed by atoms with Crippen molar-refractivity contribution in [2.24, 2.45) is 0 Å². The maximum atomic E-state index is 11.4. The highest BCUT2D eigenvalue weighted by atomic mass is 79.9. The molecule has 0 aliphatic carbocycles. The topological polar surface area (TPSA) is 26.3 Å². The van der Waals surface area contributed by atoms with E-state index in [1.807, 2.05) is 0 Å². The number of ether oxygens (including phenoxy) is 1. The van der Waals surface area contributed by atoms with E-state index in [0.29, 0.717) is 21.4 Å². The first kappa shape index (κ1) is 11.8. The molecule has 76 valence electrons. The Morgan fingerprint density at radius 3 is 2.57 bits per heavy atom. The van der Waals surface area contributed by atoms with E-state index in [1.54, 1.807) is 0 Å². The minimum atomic E-state index is -0.107. The van der Waals surface area contributed by atoms with Crippen LogP contribution in [0.25, 0.3) is 0 Å². The number of halogens is 3. The number of alkyl halides is 1. The van der Waals surface area contributed by atoms with Crippen LogP contribution in [0.2, 0.25) is 10.0 Å². The summed E-state index contributed by atoms with van der Waals surface area (Å²) in [6, 6.07) is 3.03. The van der Waals surface area contributed by atoms with Gasteiger partial charge in [-0.3, -0.25) is 4.79 Å². The van der Waals surface area contributed by atoms with Gasteiger partial charge in [-0.1, -0.05) is 39.1 Å². The number of benzene rings is 1. The molecule has 0 bridgehead atoms. The summed E-state index contributed by atoms with van der Waals surface area (Å²) >= 11 is 14.7. The van der Waals surface area contributed by atoms with Crippen LogP contribution in [-0.4, -0.2) is 18.2 Å². The van der Waals surface area contributed by atoms with E-state index in [9.17, 15) is 4.79 Å². The molecule has 1 rings (SSSR count). The highest BCUT2D eigenvalue weighted by Gasteiger charge is 2.13. The Balaban J connectivity index is 3.24. The third kappa shape index (κ3) is 2.41. The zero-order valence-electron chi connectivity index (χ0n) is 7.31. The molecular formula is C9H7BrCl2O2. The highest BCUT2D eigenvalue weighted by Crippen LogP contribution is 2.31. The van der Waals surface area contributed by atoms with Crippen LogP contribution in [0.1, 0.15) is 10.4 Å². The molecule has 0 saturated carbocycles. The fraction of sp³-hybridized carbons (Fsp3) is 0.222. The smallest absolute Gasteiger partial charge is 0.175 e. The number of methoxy groups -OCH3 is 1. The minimum Gasteiger partial charge on any atom is -0.495 e. The molecule has 0 heterocycles. The zero-order chi connectivity index (χ0) is 10.7. The van der Waals surface area contributed by atoms with Crippen LogP contribution in [0, 0.1) is 0 Å². The lowest BCUT2D eigenvalue weighted by Crippen LogP contribution is -2.01. The second-order valence-corrected chi connectivity index (χ2v) is 3.90. The number of ketones is 1. The van der Waals surface area contributed by atoms with E-state index in [4.69, 9.17) is 27.9 Å². The molecule has 0 unspecified atom stereocenters. The Kier molecular flexibility index (Phi) is 4.23. The van der Waals surface area contributed by atoms with Gasteiger partial charge < -0.3 is 4.74 Å². The lowest BCUT2D eigenvalue weighted by Gasteiger charge is -2.06. The van der Waals surface area contributed by atoms with E-state index < -0.39 is 0 Å². The van der Waals surface area contributed by atoms with Gasteiger partial charge in [-0.25, -0.2) is 0 Å². The van der Waals surface area contributed by atoms with Gasteiger partial charge in [0.05, 0.1) is 22.5 Å². The Morgan fingerprint density at radius 2 is 2.07 bits per heavy atom. The fourth-order valence-corrected chi connectivity index (χ4v) is 1.84. The van der Waals surface area contributed by atoms with Gasteiger partial charge in [-0.05, 0) is 12.1 Å². The SMILES string of the molecule is COc1cc(C(=O)CBr)c(Cl)cc1Cl. The van der Waals surface area contributed by atoms with Gasteiger partial charge in [0.2, 0.25) is 0 Å². The summed E-state index contributed by atoms with van der Waals surface area (Å²) in [7, 11) is 1.48. The summed E-state index contributed by atoms with van der Waals surface area (Å²) < 4.78 is 4.98. The van der Waals surface area contributed by atoms with Crippen molar-refractivity contribution in [3.63, 3.8) is 0 Å². The van der Waals surface area contributed by atoms with Crippen molar-refractivity contribution >= 4 is 44.9 Å². The van der Waals surface area contributed by atoms with Gasteiger partial charge in [0.15, 0.2) is 5.78 Å². The molecule has 14 heavy (non-hydrogen) atoms. The summed E-state index contributed by atoms with van der Waals surface area (Å²) in [5.41, 5.74) is 0.407. The van der Waals surface area contributed by atoms with Gasteiger partial charge in [-0.2, -0.15) is 0 Å². The lowest BCUT2D eigenvalue weighted by molar-refractivity contribution is 0.102. The van der Waals surface area contributed by atoms with Crippen LogP contribution >= 0.6 is 39.1 Å². The van der Waals surface area contributed by atoms with Gasteiger partial charge in [-0.15, -0.1) is 0 Å². The molecule has 0 fully saturated rings. The first-order valence-corrected chi connectivity index (χ1v) is 5.60. The lowest BCUT2D eigenvalue weighted by atomic mass is 10.1. The number of Topliss-reactive ketones (excluding diaryl/α,β-unsaturated/α-hetero) is 1. The number of carbonyl (C=O) groups is 1. The predicted octanol–water partition coefficient (Wildman–Crippen LogP) is 3.58. The average Bonchev–Trinajstić information content (AvgIpc) is 2.17. The van der Waals surface area contributed by atoms with Crippen LogP contribution < -0.4 is 4.74 Å². The van der Waals surface area contributed by atoms with Crippen LogP contribution in [0.3, 0.4) is 0 Å². The molecule has 2 nitrogen and oxygen atoms in total. The summed E-state index contributed by atoms with van der Waals surface area (Å²) in [6.45, 7) is 0. The van der Waals surface area contributed by atoms with Crippen molar-refractivity contribution in [2.45, 2.75) is 0 Å².